The standard InChI is InChI=1S/C23H18N8O5/c1-13-10-14(6-8-17(13)31(33)34)19-9-7-15(35-19)11-25-27-20(32)12-30-18-5-3-2-4-16(18)26-23(30)21-22(24)29-36-28-21/h2-11H,12H2,1H3,(H2,24,29)(H,27,32)/b25-11-. The Morgan fingerprint density at radius 2 is 2.06 bits per heavy atom. The van der Waals surface area contributed by atoms with E-state index in [0.717, 1.165) is 0 Å². The van der Waals surface area contributed by atoms with E-state index < -0.39 is 10.8 Å². The minimum atomic E-state index is -0.435. The van der Waals surface area contributed by atoms with Crippen molar-refractivity contribution in [2.45, 2.75) is 13.5 Å². The molecule has 0 unspecified atom stereocenters. The van der Waals surface area contributed by atoms with Crippen LogP contribution in [0.15, 0.2) is 68.7 Å². The molecule has 180 valence electrons. The summed E-state index contributed by atoms with van der Waals surface area (Å²) in [5.41, 5.74) is 11.1. The summed E-state index contributed by atoms with van der Waals surface area (Å²) in [5.74, 6) is 0.860. The summed E-state index contributed by atoms with van der Waals surface area (Å²) in [4.78, 5) is 27.7. The molecule has 5 rings (SSSR count). The number of hydrogen-bond acceptors (Lipinski definition) is 10. The molecule has 13 heteroatoms. The SMILES string of the molecule is Cc1cc(-c2ccc(/C=N\NC(=O)Cn3c(-c4nonc4N)nc4ccccc43)o2)ccc1[N+](=O)[O-]. The second kappa shape index (κ2) is 9.13. The topological polar surface area (TPSA) is 180 Å². The predicted molar refractivity (Wildman–Crippen MR) is 129 cm³/mol. The summed E-state index contributed by atoms with van der Waals surface area (Å²) in [6.07, 6.45) is 1.35. The highest BCUT2D eigenvalue weighted by Crippen LogP contribution is 2.28. The zero-order valence-electron chi connectivity index (χ0n) is 18.8. The molecule has 0 aliphatic rings. The number of hydrazone groups is 1. The number of nitrogens with zero attached hydrogens (tertiary/aromatic N) is 6. The number of para-hydroxylation sites is 2. The van der Waals surface area contributed by atoms with Crippen LogP contribution in [-0.2, 0) is 11.3 Å². The highest BCUT2D eigenvalue weighted by Gasteiger charge is 2.20. The number of anilines is 1. The third kappa shape index (κ3) is 4.27. The van der Waals surface area contributed by atoms with E-state index in [1.54, 1.807) is 41.8 Å². The molecule has 5 aromatic rings. The minimum Gasteiger partial charge on any atom is -0.455 e. The second-order valence-corrected chi connectivity index (χ2v) is 7.76. The lowest BCUT2D eigenvalue weighted by molar-refractivity contribution is -0.385. The van der Waals surface area contributed by atoms with E-state index in [-0.39, 0.29) is 23.7 Å². The summed E-state index contributed by atoms with van der Waals surface area (Å²) < 4.78 is 12.0. The van der Waals surface area contributed by atoms with E-state index in [4.69, 9.17) is 10.2 Å². The molecule has 2 aromatic carbocycles. The van der Waals surface area contributed by atoms with E-state index >= 15 is 0 Å². The van der Waals surface area contributed by atoms with Crippen molar-refractivity contribution in [2.24, 2.45) is 5.10 Å². The molecule has 1 amide bonds. The number of nitrogen functional groups attached to an aromatic ring is 1. The molecule has 0 aliphatic heterocycles. The van der Waals surface area contributed by atoms with Crippen molar-refractivity contribution in [2.75, 3.05) is 5.73 Å². The smallest absolute Gasteiger partial charge is 0.272 e. The Bertz CT molecular complexity index is 1630. The Kier molecular flexibility index (Phi) is 5.70. The van der Waals surface area contributed by atoms with Gasteiger partial charge in [0.25, 0.3) is 11.6 Å². The molecule has 36 heavy (non-hydrogen) atoms. The maximum Gasteiger partial charge on any atom is 0.272 e. The van der Waals surface area contributed by atoms with E-state index in [2.05, 4.69) is 30.5 Å². The van der Waals surface area contributed by atoms with Crippen molar-refractivity contribution in [1.82, 2.24) is 25.3 Å². The molecule has 0 fully saturated rings. The number of carbonyl (C=O) groups excluding carboxylic acids is 1. The number of benzene rings is 2. The fourth-order valence-electron chi connectivity index (χ4n) is 3.70. The van der Waals surface area contributed by atoms with Gasteiger partial charge in [-0.25, -0.2) is 15.0 Å². The average molecular weight is 486 g/mol. The minimum absolute atomic E-state index is 0.0335. The van der Waals surface area contributed by atoms with Crippen molar-refractivity contribution in [3.05, 3.63) is 76.0 Å². The first-order valence-electron chi connectivity index (χ1n) is 10.6. The molecule has 0 spiro atoms. The monoisotopic (exact) mass is 486 g/mol. The molecule has 3 heterocycles. The molecule has 0 radical (unpaired) electrons. The number of furan rings is 1. The van der Waals surface area contributed by atoms with Crippen LogP contribution >= 0.6 is 0 Å². The van der Waals surface area contributed by atoms with Crippen LogP contribution < -0.4 is 11.2 Å². The first-order chi connectivity index (χ1) is 17.4. The van der Waals surface area contributed by atoms with E-state index in [1.165, 1.54) is 12.3 Å². The van der Waals surface area contributed by atoms with Crippen LogP contribution in [0, 0.1) is 17.0 Å². The second-order valence-electron chi connectivity index (χ2n) is 7.76. The van der Waals surface area contributed by atoms with Gasteiger partial charge in [-0.3, -0.25) is 14.9 Å². The van der Waals surface area contributed by atoms with Gasteiger partial charge in [0, 0.05) is 17.2 Å². The van der Waals surface area contributed by atoms with Crippen molar-refractivity contribution >= 4 is 34.7 Å². The van der Waals surface area contributed by atoms with E-state index in [1.807, 2.05) is 18.2 Å². The maximum absolute atomic E-state index is 12.7. The summed E-state index contributed by atoms with van der Waals surface area (Å²) in [6, 6.07) is 15.4. The van der Waals surface area contributed by atoms with Crippen molar-refractivity contribution in [3.8, 4) is 22.8 Å². The fourth-order valence-corrected chi connectivity index (χ4v) is 3.70. The molecule has 0 saturated carbocycles. The Hall–Kier alpha value is -5.33. The largest absolute Gasteiger partial charge is 0.455 e. The van der Waals surface area contributed by atoms with Crippen LogP contribution in [0.5, 0.6) is 0 Å². The van der Waals surface area contributed by atoms with Crippen LogP contribution in [0.25, 0.3) is 33.9 Å². The van der Waals surface area contributed by atoms with Gasteiger partial charge in [0.1, 0.15) is 18.1 Å². The molecule has 3 N–H and O–H groups in total. The van der Waals surface area contributed by atoms with Crippen molar-refractivity contribution < 1.29 is 18.8 Å². The lowest BCUT2D eigenvalue weighted by atomic mass is 10.1. The highest BCUT2D eigenvalue weighted by molar-refractivity contribution is 5.86. The van der Waals surface area contributed by atoms with Gasteiger partial charge in [-0.15, -0.1) is 0 Å². The van der Waals surface area contributed by atoms with Crippen molar-refractivity contribution in [1.29, 1.82) is 0 Å². The Labute approximate surface area is 202 Å². The highest BCUT2D eigenvalue weighted by atomic mass is 16.6. The number of aromatic nitrogens is 4. The number of nitrogens with two attached hydrogens (primary N) is 1. The number of nitrogens with one attached hydrogen (secondary N) is 1. The normalized spacial score (nSPS) is 11.4. The number of amides is 1. The van der Waals surface area contributed by atoms with Gasteiger partial charge in [-0.1, -0.05) is 12.1 Å². The average Bonchev–Trinajstić information content (AvgIpc) is 3.58. The first kappa shape index (κ1) is 22.5. The molecule has 0 saturated heterocycles. The number of imidazole rings is 1. The third-order valence-corrected chi connectivity index (χ3v) is 5.37. The maximum atomic E-state index is 12.7. The Morgan fingerprint density at radius 3 is 2.81 bits per heavy atom. The van der Waals surface area contributed by atoms with Gasteiger partial charge >= 0.3 is 0 Å². The van der Waals surface area contributed by atoms with Crippen LogP contribution in [0.1, 0.15) is 11.3 Å². The number of fused-ring (bicyclic) bond motifs is 1. The van der Waals surface area contributed by atoms with Crippen LogP contribution in [0.3, 0.4) is 0 Å². The van der Waals surface area contributed by atoms with Gasteiger partial charge in [-0.2, -0.15) is 5.10 Å². The zero-order chi connectivity index (χ0) is 25.2. The molecule has 0 aliphatic carbocycles. The Morgan fingerprint density at radius 1 is 1.22 bits per heavy atom. The molecule has 3 aromatic heterocycles. The van der Waals surface area contributed by atoms with Gasteiger partial charge in [0.2, 0.25) is 0 Å². The molecular formula is C23H18N8O5. The third-order valence-electron chi connectivity index (χ3n) is 5.37. The van der Waals surface area contributed by atoms with Crippen LogP contribution in [-0.4, -0.2) is 36.9 Å². The van der Waals surface area contributed by atoms with Crippen LogP contribution in [0.2, 0.25) is 0 Å². The summed E-state index contributed by atoms with van der Waals surface area (Å²) >= 11 is 0. The number of aryl methyl sites for hydroxylation is 1. The lowest BCUT2D eigenvalue weighted by Crippen LogP contribution is -2.23. The number of hydrogen-bond donors (Lipinski definition) is 2. The van der Waals surface area contributed by atoms with Crippen molar-refractivity contribution in [3.63, 3.8) is 0 Å². The number of carbonyl (C=O) groups is 1. The van der Waals surface area contributed by atoms with Gasteiger partial charge in [0.05, 0.1) is 22.2 Å². The number of nitro groups is 1. The molecule has 0 atom stereocenters. The summed E-state index contributed by atoms with van der Waals surface area (Å²) in [6.45, 7) is 1.54. The first-order valence-corrected chi connectivity index (χ1v) is 10.6. The van der Waals surface area contributed by atoms with Gasteiger partial charge in [-0.05, 0) is 53.6 Å². The van der Waals surface area contributed by atoms with Crippen LogP contribution in [0.4, 0.5) is 11.5 Å². The zero-order valence-corrected chi connectivity index (χ0v) is 18.8. The summed E-state index contributed by atoms with van der Waals surface area (Å²) in [7, 11) is 0. The predicted octanol–water partition coefficient (Wildman–Crippen LogP) is 3.30. The fraction of sp³-hybridized carbons (Fsp3) is 0.0870. The van der Waals surface area contributed by atoms with E-state index in [0.29, 0.717) is 39.5 Å². The van der Waals surface area contributed by atoms with Gasteiger partial charge in [0.15, 0.2) is 17.3 Å². The molecule has 0 bridgehead atoms. The Balaban J connectivity index is 1.30. The molecular weight excluding hydrogens is 468 g/mol. The summed E-state index contributed by atoms with van der Waals surface area (Å²) in [5, 5.41) is 22.4. The number of rotatable bonds is 7. The quantitative estimate of drug-likeness (QED) is 0.198. The number of nitro benzene ring substituents is 1. The molecule has 13 nitrogen and oxygen atoms in total. The van der Waals surface area contributed by atoms with Gasteiger partial charge < -0.3 is 14.7 Å². The lowest BCUT2D eigenvalue weighted by Gasteiger charge is -2.06. The van der Waals surface area contributed by atoms with E-state index in [9.17, 15) is 14.9 Å².